The second-order valence-electron chi connectivity index (χ2n) is 5.73. The highest BCUT2D eigenvalue weighted by Crippen LogP contribution is 2.25. The zero-order valence-corrected chi connectivity index (χ0v) is 12.7. The van der Waals surface area contributed by atoms with Gasteiger partial charge in [0.25, 0.3) is 0 Å². The molecule has 0 bridgehead atoms. The Kier molecular flexibility index (Phi) is 4.15. The van der Waals surface area contributed by atoms with Gasteiger partial charge in [-0.25, -0.2) is 0 Å². The number of likely N-dealkylation sites (tertiary alicyclic amines) is 2. The van der Waals surface area contributed by atoms with Crippen LogP contribution >= 0.6 is 11.6 Å². The number of carbonyl (C=O) groups excluding carboxylic acids is 2. The Bertz CT molecular complexity index is 538. The average molecular weight is 307 g/mol. The van der Waals surface area contributed by atoms with Crippen molar-refractivity contribution in [1.82, 2.24) is 9.80 Å². The van der Waals surface area contributed by atoms with Gasteiger partial charge in [-0.3, -0.25) is 9.59 Å². The van der Waals surface area contributed by atoms with E-state index in [1.54, 1.807) is 4.90 Å². The molecule has 2 fully saturated rings. The van der Waals surface area contributed by atoms with E-state index in [4.69, 9.17) is 11.6 Å². The first kappa shape index (κ1) is 14.4. The largest absolute Gasteiger partial charge is 0.341 e. The van der Waals surface area contributed by atoms with Gasteiger partial charge < -0.3 is 9.80 Å². The molecule has 1 aromatic rings. The predicted octanol–water partition coefficient (Wildman–Crippen LogP) is 2.45. The molecule has 4 nitrogen and oxygen atoms in total. The molecule has 2 aliphatic rings. The molecule has 2 heterocycles. The highest BCUT2D eigenvalue weighted by atomic mass is 35.5. The van der Waals surface area contributed by atoms with E-state index in [1.165, 1.54) is 0 Å². The number of rotatable bonds is 3. The fourth-order valence-corrected chi connectivity index (χ4v) is 3.25. The van der Waals surface area contributed by atoms with Crippen LogP contribution in [-0.4, -0.2) is 40.7 Å². The molecule has 0 N–H and O–H groups in total. The van der Waals surface area contributed by atoms with Crippen molar-refractivity contribution in [3.63, 3.8) is 0 Å². The average Bonchev–Trinajstić information content (AvgIpc) is 3.12. The molecule has 0 unspecified atom stereocenters. The highest BCUT2D eigenvalue weighted by Gasteiger charge is 2.38. The molecular weight excluding hydrogens is 288 g/mol. The van der Waals surface area contributed by atoms with Crippen LogP contribution < -0.4 is 0 Å². The highest BCUT2D eigenvalue weighted by molar-refractivity contribution is 6.30. The number of hydrogen-bond acceptors (Lipinski definition) is 2. The molecular formula is C16H19ClN2O2. The van der Waals surface area contributed by atoms with Crippen LogP contribution in [0.5, 0.6) is 0 Å². The van der Waals surface area contributed by atoms with Crippen molar-refractivity contribution in [3.05, 3.63) is 34.9 Å². The quantitative estimate of drug-likeness (QED) is 0.860. The molecule has 0 aromatic heterocycles. The summed E-state index contributed by atoms with van der Waals surface area (Å²) in [6.07, 6.45) is 3.26. The molecule has 1 atom stereocenters. The molecule has 3 rings (SSSR count). The summed E-state index contributed by atoms with van der Waals surface area (Å²) in [6, 6.07) is 7.16. The topological polar surface area (TPSA) is 40.6 Å². The van der Waals surface area contributed by atoms with Gasteiger partial charge in [0.2, 0.25) is 11.8 Å². The summed E-state index contributed by atoms with van der Waals surface area (Å²) in [6.45, 7) is 2.15. The van der Waals surface area contributed by atoms with E-state index in [2.05, 4.69) is 0 Å². The van der Waals surface area contributed by atoms with Crippen LogP contribution in [-0.2, 0) is 16.1 Å². The van der Waals surface area contributed by atoms with Crippen molar-refractivity contribution in [2.45, 2.75) is 38.3 Å². The van der Waals surface area contributed by atoms with Gasteiger partial charge in [0.1, 0.15) is 6.04 Å². The van der Waals surface area contributed by atoms with Crippen molar-refractivity contribution >= 4 is 23.4 Å². The first-order chi connectivity index (χ1) is 10.1. The second kappa shape index (κ2) is 6.06. The smallest absolute Gasteiger partial charge is 0.245 e. The van der Waals surface area contributed by atoms with Gasteiger partial charge in [0.15, 0.2) is 0 Å². The lowest BCUT2D eigenvalue weighted by molar-refractivity contribution is -0.141. The van der Waals surface area contributed by atoms with E-state index in [-0.39, 0.29) is 17.9 Å². The van der Waals surface area contributed by atoms with Gasteiger partial charge in [0.05, 0.1) is 0 Å². The zero-order valence-electron chi connectivity index (χ0n) is 11.9. The summed E-state index contributed by atoms with van der Waals surface area (Å²) in [5.41, 5.74) is 1.01. The fourth-order valence-electron chi connectivity index (χ4n) is 3.12. The summed E-state index contributed by atoms with van der Waals surface area (Å²) in [5.74, 6) is 0.190. The Hall–Kier alpha value is -1.55. The maximum Gasteiger partial charge on any atom is 0.245 e. The van der Waals surface area contributed by atoms with Crippen LogP contribution in [0.25, 0.3) is 0 Å². The molecule has 2 saturated heterocycles. The van der Waals surface area contributed by atoms with Crippen molar-refractivity contribution in [1.29, 1.82) is 0 Å². The van der Waals surface area contributed by atoms with Crippen LogP contribution in [0.4, 0.5) is 0 Å². The molecule has 0 spiro atoms. The molecule has 21 heavy (non-hydrogen) atoms. The molecule has 0 saturated carbocycles. The predicted molar refractivity (Wildman–Crippen MR) is 80.8 cm³/mol. The van der Waals surface area contributed by atoms with Crippen molar-refractivity contribution in [3.8, 4) is 0 Å². The molecule has 0 aliphatic carbocycles. The van der Waals surface area contributed by atoms with Crippen molar-refractivity contribution in [2.75, 3.05) is 13.1 Å². The van der Waals surface area contributed by atoms with E-state index >= 15 is 0 Å². The first-order valence-electron chi connectivity index (χ1n) is 7.48. The summed E-state index contributed by atoms with van der Waals surface area (Å²) >= 11 is 5.88. The summed E-state index contributed by atoms with van der Waals surface area (Å²) in [7, 11) is 0. The third-order valence-corrected chi connectivity index (χ3v) is 4.55. The third-order valence-electron chi connectivity index (χ3n) is 4.30. The maximum atomic E-state index is 12.6. The Labute approximate surface area is 129 Å². The second-order valence-corrected chi connectivity index (χ2v) is 6.17. The normalized spacial score (nSPS) is 22.1. The number of amides is 2. The zero-order chi connectivity index (χ0) is 14.8. The summed E-state index contributed by atoms with van der Waals surface area (Å²) < 4.78 is 0. The van der Waals surface area contributed by atoms with Crippen LogP contribution in [0.1, 0.15) is 31.2 Å². The lowest BCUT2D eigenvalue weighted by Crippen LogP contribution is -2.45. The number of carbonyl (C=O) groups is 2. The number of halogens is 1. The van der Waals surface area contributed by atoms with Crippen LogP contribution in [0.2, 0.25) is 5.02 Å². The minimum absolute atomic E-state index is 0.0718. The van der Waals surface area contributed by atoms with E-state index in [0.717, 1.165) is 31.5 Å². The first-order valence-corrected chi connectivity index (χ1v) is 7.85. The van der Waals surface area contributed by atoms with Gasteiger partial charge >= 0.3 is 0 Å². The minimum atomic E-state index is -0.286. The van der Waals surface area contributed by atoms with Gasteiger partial charge in [0, 0.05) is 31.1 Å². The molecule has 5 heteroatoms. The van der Waals surface area contributed by atoms with Crippen LogP contribution in [0, 0.1) is 0 Å². The van der Waals surface area contributed by atoms with Crippen LogP contribution in [0.15, 0.2) is 24.3 Å². The van der Waals surface area contributed by atoms with Gasteiger partial charge in [-0.05, 0) is 37.0 Å². The number of benzene rings is 1. The summed E-state index contributed by atoms with van der Waals surface area (Å²) in [5, 5.41) is 0.677. The maximum absolute atomic E-state index is 12.6. The Balaban J connectivity index is 1.73. The molecule has 2 amide bonds. The Morgan fingerprint density at radius 1 is 1.19 bits per heavy atom. The number of nitrogens with zero attached hydrogens (tertiary/aromatic N) is 2. The fraction of sp³-hybridized carbons (Fsp3) is 0.500. The summed E-state index contributed by atoms with van der Waals surface area (Å²) in [4.78, 5) is 28.3. The standard InChI is InChI=1S/C16H19ClN2O2/c17-13-5-3-12(4-6-13)11-19-14(7-8-15(19)20)16(21)18-9-1-2-10-18/h3-6,14H,1-2,7-11H2/t14-/m1/s1. The molecule has 1 aromatic carbocycles. The molecule has 112 valence electrons. The molecule has 2 aliphatic heterocycles. The third kappa shape index (κ3) is 3.05. The van der Waals surface area contributed by atoms with Gasteiger partial charge in [-0.15, -0.1) is 0 Å². The van der Waals surface area contributed by atoms with Gasteiger partial charge in [-0.2, -0.15) is 0 Å². The van der Waals surface area contributed by atoms with E-state index in [1.807, 2.05) is 29.2 Å². The Morgan fingerprint density at radius 2 is 1.86 bits per heavy atom. The van der Waals surface area contributed by atoms with Gasteiger partial charge in [-0.1, -0.05) is 23.7 Å². The molecule has 0 radical (unpaired) electrons. The van der Waals surface area contributed by atoms with E-state index in [0.29, 0.717) is 24.4 Å². The van der Waals surface area contributed by atoms with Crippen molar-refractivity contribution in [2.24, 2.45) is 0 Å². The SMILES string of the molecule is O=C([C@H]1CCC(=O)N1Cc1ccc(Cl)cc1)N1CCCC1. The van der Waals surface area contributed by atoms with E-state index in [9.17, 15) is 9.59 Å². The van der Waals surface area contributed by atoms with Crippen LogP contribution in [0.3, 0.4) is 0 Å². The van der Waals surface area contributed by atoms with Crippen molar-refractivity contribution < 1.29 is 9.59 Å². The minimum Gasteiger partial charge on any atom is -0.341 e. The monoisotopic (exact) mass is 306 g/mol. The van der Waals surface area contributed by atoms with E-state index < -0.39 is 0 Å². The number of hydrogen-bond donors (Lipinski definition) is 0. The Morgan fingerprint density at radius 3 is 2.52 bits per heavy atom. The lowest BCUT2D eigenvalue weighted by Gasteiger charge is -2.28. The lowest BCUT2D eigenvalue weighted by atomic mass is 10.1.